The number of hydrogen-bond acceptors (Lipinski definition) is 4. The lowest BCUT2D eigenvalue weighted by Crippen LogP contribution is -2.39. The highest BCUT2D eigenvalue weighted by Gasteiger charge is 2.24. The third-order valence-corrected chi connectivity index (χ3v) is 4.33. The second-order valence-corrected chi connectivity index (χ2v) is 5.71. The molecular weight excluding hydrogens is 242 g/mol. The van der Waals surface area contributed by atoms with Crippen molar-refractivity contribution in [3.8, 4) is 0 Å². The molecule has 1 saturated heterocycles. The number of aromatic amines is 1. The minimum atomic E-state index is -3.48. The Morgan fingerprint density at radius 3 is 2.76 bits per heavy atom. The van der Waals surface area contributed by atoms with Gasteiger partial charge in [0, 0.05) is 25.2 Å². The maximum absolute atomic E-state index is 12.0. The van der Waals surface area contributed by atoms with Gasteiger partial charge in [-0.05, 0) is 12.8 Å². The van der Waals surface area contributed by atoms with Crippen LogP contribution in [0.15, 0.2) is 6.20 Å². The molecule has 2 rings (SSSR count). The lowest BCUT2D eigenvalue weighted by atomic mass is 10.2. The van der Waals surface area contributed by atoms with E-state index in [1.807, 2.05) is 0 Å². The summed E-state index contributed by atoms with van der Waals surface area (Å²) >= 11 is 0. The largest absolute Gasteiger partial charge is 0.326 e. The molecule has 1 aromatic rings. The summed E-state index contributed by atoms with van der Waals surface area (Å²) < 4.78 is 28.0. The molecule has 0 atom stereocenters. The van der Waals surface area contributed by atoms with Gasteiger partial charge in [0.2, 0.25) is 0 Å². The van der Waals surface area contributed by atoms with Crippen LogP contribution >= 0.6 is 0 Å². The van der Waals surface area contributed by atoms with E-state index in [4.69, 9.17) is 5.73 Å². The van der Waals surface area contributed by atoms with Gasteiger partial charge in [-0.15, -0.1) is 0 Å². The van der Waals surface area contributed by atoms with Crippen molar-refractivity contribution in [3.63, 3.8) is 0 Å². The predicted molar refractivity (Wildman–Crippen MR) is 64.4 cm³/mol. The molecule has 1 aromatic heterocycles. The smallest absolute Gasteiger partial charge is 0.302 e. The number of nitrogens with two attached hydrogens (primary N) is 1. The van der Waals surface area contributed by atoms with E-state index < -0.39 is 10.2 Å². The van der Waals surface area contributed by atoms with Crippen molar-refractivity contribution in [2.45, 2.75) is 25.8 Å². The van der Waals surface area contributed by atoms with Gasteiger partial charge in [0.05, 0.1) is 6.20 Å². The molecule has 96 valence electrons. The molecule has 0 bridgehead atoms. The Morgan fingerprint density at radius 1 is 1.41 bits per heavy atom. The fraction of sp³-hybridized carbons (Fsp3) is 0.667. The first-order valence-electron chi connectivity index (χ1n) is 5.63. The van der Waals surface area contributed by atoms with Crippen LogP contribution < -0.4 is 10.5 Å². The van der Waals surface area contributed by atoms with Crippen LogP contribution in [0, 0.1) is 0 Å². The van der Waals surface area contributed by atoms with Crippen LogP contribution in [0.4, 0.5) is 5.82 Å². The molecule has 1 aliphatic rings. The molecule has 7 nitrogen and oxygen atoms in total. The topological polar surface area (TPSA) is 104 Å². The molecular formula is C9H17N5O2S. The Morgan fingerprint density at radius 2 is 2.12 bits per heavy atom. The Kier molecular flexibility index (Phi) is 3.65. The molecule has 8 heteroatoms. The number of anilines is 1. The number of hydrogen-bond donors (Lipinski definition) is 3. The van der Waals surface area contributed by atoms with Crippen molar-refractivity contribution >= 4 is 16.0 Å². The van der Waals surface area contributed by atoms with Crippen molar-refractivity contribution in [3.05, 3.63) is 11.8 Å². The fourth-order valence-corrected chi connectivity index (χ4v) is 3.16. The zero-order valence-electron chi connectivity index (χ0n) is 9.52. The molecule has 0 spiro atoms. The van der Waals surface area contributed by atoms with E-state index in [1.54, 1.807) is 0 Å². The van der Waals surface area contributed by atoms with Crippen molar-refractivity contribution in [1.82, 2.24) is 14.5 Å². The number of H-pyrrole nitrogens is 1. The summed E-state index contributed by atoms with van der Waals surface area (Å²) in [5, 5.41) is 6.38. The molecule has 0 saturated carbocycles. The molecule has 4 N–H and O–H groups in total. The monoisotopic (exact) mass is 259 g/mol. The maximum Gasteiger partial charge on any atom is 0.302 e. The van der Waals surface area contributed by atoms with Gasteiger partial charge >= 0.3 is 10.2 Å². The number of piperidine rings is 1. The van der Waals surface area contributed by atoms with E-state index in [9.17, 15) is 8.42 Å². The summed E-state index contributed by atoms with van der Waals surface area (Å²) in [6, 6.07) is 0. The Labute approximate surface area is 101 Å². The predicted octanol–water partition coefficient (Wildman–Crippen LogP) is 0.0110. The highest BCUT2D eigenvalue weighted by Crippen LogP contribution is 2.17. The first-order valence-corrected chi connectivity index (χ1v) is 7.07. The number of rotatable bonds is 4. The van der Waals surface area contributed by atoms with Crippen LogP contribution in [0.1, 0.15) is 24.8 Å². The van der Waals surface area contributed by atoms with E-state index in [0.717, 1.165) is 19.3 Å². The first-order chi connectivity index (χ1) is 8.13. The average molecular weight is 259 g/mol. The molecule has 0 aromatic carbocycles. The fourth-order valence-electron chi connectivity index (χ4n) is 1.85. The Balaban J connectivity index is 2.11. The minimum Gasteiger partial charge on any atom is -0.326 e. The van der Waals surface area contributed by atoms with E-state index in [0.29, 0.717) is 24.5 Å². The standard InChI is InChI=1S/C9H17N5O2S/c10-6-8-7-11-12-9(8)13-17(15,16)14-4-2-1-3-5-14/h7H,1-6,10H2,(H2,11,12,13). The van der Waals surface area contributed by atoms with Gasteiger partial charge < -0.3 is 5.73 Å². The van der Waals surface area contributed by atoms with Gasteiger partial charge in [-0.2, -0.15) is 17.8 Å². The minimum absolute atomic E-state index is 0.244. The highest BCUT2D eigenvalue weighted by atomic mass is 32.2. The number of nitrogens with zero attached hydrogens (tertiary/aromatic N) is 2. The zero-order chi connectivity index (χ0) is 12.3. The number of nitrogens with one attached hydrogen (secondary N) is 2. The lowest BCUT2D eigenvalue weighted by molar-refractivity contribution is 0.349. The summed E-state index contributed by atoms with van der Waals surface area (Å²) in [6.45, 7) is 1.39. The quantitative estimate of drug-likeness (QED) is 0.708. The van der Waals surface area contributed by atoms with Crippen molar-refractivity contribution in [2.75, 3.05) is 17.8 Å². The Bertz CT molecular complexity index is 463. The average Bonchev–Trinajstić information content (AvgIpc) is 2.77. The molecule has 0 unspecified atom stereocenters. The van der Waals surface area contributed by atoms with Gasteiger partial charge in [-0.25, -0.2) is 0 Å². The SMILES string of the molecule is NCc1cn[nH]c1NS(=O)(=O)N1CCCCC1. The maximum atomic E-state index is 12.0. The first kappa shape index (κ1) is 12.3. The molecule has 0 radical (unpaired) electrons. The summed E-state index contributed by atoms with van der Waals surface area (Å²) in [5.41, 5.74) is 6.14. The summed E-state index contributed by atoms with van der Waals surface area (Å²) in [4.78, 5) is 0. The second-order valence-electron chi connectivity index (χ2n) is 4.04. The molecule has 0 aliphatic carbocycles. The van der Waals surface area contributed by atoms with Crippen LogP contribution in [0.3, 0.4) is 0 Å². The third kappa shape index (κ3) is 2.76. The van der Waals surface area contributed by atoms with Crippen LogP contribution in [-0.4, -0.2) is 36.0 Å². The van der Waals surface area contributed by atoms with E-state index in [-0.39, 0.29) is 6.54 Å². The summed E-state index contributed by atoms with van der Waals surface area (Å²) in [7, 11) is -3.48. The van der Waals surface area contributed by atoms with Crippen LogP contribution in [-0.2, 0) is 16.8 Å². The lowest BCUT2D eigenvalue weighted by Gasteiger charge is -2.25. The Hall–Kier alpha value is -1.12. The van der Waals surface area contributed by atoms with Crippen LogP contribution in [0.5, 0.6) is 0 Å². The molecule has 17 heavy (non-hydrogen) atoms. The van der Waals surface area contributed by atoms with Gasteiger partial charge in [0.1, 0.15) is 5.82 Å². The van der Waals surface area contributed by atoms with E-state index in [2.05, 4.69) is 14.9 Å². The van der Waals surface area contributed by atoms with Crippen LogP contribution in [0.25, 0.3) is 0 Å². The van der Waals surface area contributed by atoms with E-state index >= 15 is 0 Å². The summed E-state index contributed by atoms with van der Waals surface area (Å²) in [6.07, 6.45) is 4.43. The number of aromatic nitrogens is 2. The third-order valence-electron chi connectivity index (χ3n) is 2.82. The van der Waals surface area contributed by atoms with E-state index in [1.165, 1.54) is 10.5 Å². The second kappa shape index (κ2) is 5.03. The molecule has 1 aliphatic heterocycles. The molecule has 1 fully saturated rings. The van der Waals surface area contributed by atoms with Crippen molar-refractivity contribution in [1.29, 1.82) is 0 Å². The summed E-state index contributed by atoms with van der Waals surface area (Å²) in [5.74, 6) is 0.359. The van der Waals surface area contributed by atoms with Gasteiger partial charge in [-0.1, -0.05) is 6.42 Å². The van der Waals surface area contributed by atoms with Gasteiger partial charge in [-0.3, -0.25) is 9.82 Å². The molecule has 0 amide bonds. The van der Waals surface area contributed by atoms with Gasteiger partial charge in [0.15, 0.2) is 0 Å². The highest BCUT2D eigenvalue weighted by molar-refractivity contribution is 7.90. The zero-order valence-corrected chi connectivity index (χ0v) is 10.3. The molecule has 2 heterocycles. The van der Waals surface area contributed by atoms with Gasteiger partial charge in [0.25, 0.3) is 0 Å². The van der Waals surface area contributed by atoms with Crippen molar-refractivity contribution < 1.29 is 8.42 Å². The van der Waals surface area contributed by atoms with Crippen LogP contribution in [0.2, 0.25) is 0 Å². The normalized spacial score (nSPS) is 18.2. The van der Waals surface area contributed by atoms with Crippen molar-refractivity contribution in [2.24, 2.45) is 5.73 Å².